The maximum Gasteiger partial charge on any atom is 0.418 e. The number of carbonyl (C=O) groups is 8. The van der Waals surface area contributed by atoms with Gasteiger partial charge in [-0.25, -0.2) is 46.5 Å². The molecule has 6 N–H and O–H groups in total. The summed E-state index contributed by atoms with van der Waals surface area (Å²) in [7, 11) is 2.99. The molecule has 0 bridgehead atoms. The van der Waals surface area contributed by atoms with E-state index >= 15 is 0 Å². The number of anilines is 2. The van der Waals surface area contributed by atoms with Crippen LogP contribution in [0.5, 0.6) is 0 Å². The van der Waals surface area contributed by atoms with Gasteiger partial charge >= 0.3 is 30.2 Å². The number of nitrogens with zero attached hydrogens (tertiary/aromatic N) is 3. The summed E-state index contributed by atoms with van der Waals surface area (Å²) in [5.74, 6) is -6.60. The molecule has 4 saturated heterocycles. The third-order valence-corrected chi connectivity index (χ3v) is 14.8. The highest BCUT2D eigenvalue weighted by Gasteiger charge is 2.60. The van der Waals surface area contributed by atoms with Crippen LogP contribution in [-0.4, -0.2) is 106 Å². The Morgan fingerprint density at radius 2 is 1.09 bits per heavy atom. The number of fused-ring (bicyclic) bond motifs is 4. The molecule has 2 unspecified atom stereocenters. The molecule has 424 valence electrons. The van der Waals surface area contributed by atoms with Gasteiger partial charge in [0.25, 0.3) is 11.8 Å². The summed E-state index contributed by atoms with van der Waals surface area (Å²) in [6.07, 6.45) is 2.65. The number of ether oxygens (including phenoxy) is 2. The van der Waals surface area contributed by atoms with E-state index in [9.17, 15) is 55.9 Å². The first-order valence-corrected chi connectivity index (χ1v) is 24.9. The molecule has 6 aliphatic rings. The summed E-state index contributed by atoms with van der Waals surface area (Å²) in [5.41, 5.74) is 1.39. The average Bonchev–Trinajstić information content (AvgIpc) is 4.43. The number of carbonyl (C=O) groups excluding carboxylic acids is 7. The van der Waals surface area contributed by atoms with Crippen LogP contribution in [0.15, 0.2) is 72.8 Å². The zero-order valence-corrected chi connectivity index (χ0v) is 43.0. The van der Waals surface area contributed by atoms with Crippen molar-refractivity contribution in [2.75, 3.05) is 37.8 Å². The third kappa shape index (κ3) is 11.9. The minimum Gasteiger partial charge on any atom is -0.480 e. The highest BCUT2D eigenvalue weighted by molar-refractivity contribution is 6.07. The predicted molar refractivity (Wildman–Crippen MR) is 281 cm³/mol. The van der Waals surface area contributed by atoms with Crippen LogP contribution in [0, 0.1) is 23.3 Å². The van der Waals surface area contributed by atoms with Gasteiger partial charge in [-0.2, -0.15) is 0 Å². The van der Waals surface area contributed by atoms with Crippen LogP contribution >= 0.6 is 0 Å². The normalized spacial score (nSPS) is 22.5. The standard InChI is InChI=1S/C27H28F2N4O5.C15H15N3O6.C12H15F2N.2CH4/c1-26(2)10-9-21(16-4-7-19(28)20(29)13-16)33(26)22(34)14-32-23(35)27(38-25(32)37)11-8-15-12-17(5-6-18(15)27)31-24(36)30-3;1-16-13(22)17-9-2-3-10-8(6-9)4-5-15(10)12(21)18(7-11(19)20)14(23)24-15;1-12(2)6-5-11(15-12)8-3-4-9(13)10(14)7-8;;/h4-7,12-13,21H,8-11,14H2,1-3H3,(H2,30,31,36);2-3,6H,4-5,7H2,1H3,(H,19,20)(H2,16,17,22);3-4,7,11,15H,5-6H2,1-2H3;2*1H4/t21?,27-;15-;;;/m11.../s1. The maximum absolute atomic E-state index is 14.0. The maximum atomic E-state index is 14.0. The lowest BCUT2D eigenvalue weighted by molar-refractivity contribution is -0.144. The van der Waals surface area contributed by atoms with E-state index < -0.39 is 101 Å². The van der Waals surface area contributed by atoms with Gasteiger partial charge in [0.2, 0.25) is 17.1 Å². The fourth-order valence-corrected chi connectivity index (χ4v) is 11.0. The number of nitrogens with one attached hydrogen (secondary N) is 5. The second kappa shape index (κ2) is 23.1. The lowest BCUT2D eigenvalue weighted by Crippen LogP contribution is -2.50. The van der Waals surface area contributed by atoms with E-state index in [2.05, 4.69) is 40.4 Å². The minimum atomic E-state index is -1.53. The number of benzene rings is 4. The summed E-state index contributed by atoms with van der Waals surface area (Å²) >= 11 is 0. The smallest absolute Gasteiger partial charge is 0.418 e. The lowest BCUT2D eigenvalue weighted by atomic mass is 9.94. The molecule has 4 fully saturated rings. The Balaban J connectivity index is 0.000000210. The Bertz CT molecular complexity index is 3100. The molecule has 23 heteroatoms. The number of hydrogen-bond acceptors (Lipinski definition) is 11. The SMILES string of the molecule is C.C.CC1(C)CCC(c2ccc(F)c(F)c2)N1.CNC(=O)Nc1ccc2c(c1)CC[C@@]21OC(=O)N(CC(=O)N2C(c3ccc(F)c(F)c3)CCC2(C)C)C1=O.CNC(=O)Nc1ccc2c(c1)CC[C@@]21OC(=O)N(CC(=O)O)C1=O. The minimum absolute atomic E-state index is 0. The largest absolute Gasteiger partial charge is 0.480 e. The number of urea groups is 2. The van der Waals surface area contributed by atoms with Gasteiger partial charge < -0.3 is 46.1 Å². The lowest BCUT2D eigenvalue weighted by Gasteiger charge is -2.37. The van der Waals surface area contributed by atoms with Crippen LogP contribution in [0.25, 0.3) is 0 Å². The number of amides is 9. The van der Waals surface area contributed by atoms with Crippen LogP contribution < -0.4 is 26.6 Å². The van der Waals surface area contributed by atoms with Crippen molar-refractivity contribution in [1.82, 2.24) is 30.7 Å². The van der Waals surface area contributed by atoms with E-state index in [1.807, 2.05) is 13.8 Å². The van der Waals surface area contributed by atoms with Crippen molar-refractivity contribution < 1.29 is 70.5 Å². The summed E-state index contributed by atoms with van der Waals surface area (Å²) in [4.78, 5) is 101. The monoisotopic (exact) mass is 1100 g/mol. The number of carboxylic acid groups (broad SMARTS) is 1. The van der Waals surface area contributed by atoms with Crippen molar-refractivity contribution in [1.29, 1.82) is 0 Å². The van der Waals surface area contributed by atoms with E-state index in [0.717, 1.165) is 46.6 Å². The molecular weight excluding hydrogens is 1040 g/mol. The van der Waals surface area contributed by atoms with Crippen molar-refractivity contribution in [3.8, 4) is 0 Å². The average molecular weight is 1100 g/mol. The van der Waals surface area contributed by atoms with Crippen LogP contribution in [0.1, 0.15) is 127 Å². The number of rotatable bonds is 8. The molecule has 2 aliphatic carbocycles. The van der Waals surface area contributed by atoms with Crippen LogP contribution in [-0.2, 0) is 52.7 Å². The van der Waals surface area contributed by atoms with Crippen molar-refractivity contribution in [3.63, 3.8) is 0 Å². The van der Waals surface area contributed by atoms with E-state index in [4.69, 9.17) is 14.6 Å². The molecule has 0 radical (unpaired) electrons. The Morgan fingerprint density at radius 3 is 1.53 bits per heavy atom. The van der Waals surface area contributed by atoms with Gasteiger partial charge in [0.15, 0.2) is 23.3 Å². The topological polar surface area (TPSA) is 245 Å². The molecule has 2 spiro atoms. The number of aliphatic carboxylic acids is 1. The number of halogens is 4. The molecule has 9 amide bonds. The fourth-order valence-electron chi connectivity index (χ4n) is 11.0. The molecule has 19 nitrogen and oxygen atoms in total. The molecule has 4 atom stereocenters. The van der Waals surface area contributed by atoms with Gasteiger partial charge in [0.1, 0.15) is 13.1 Å². The van der Waals surface area contributed by atoms with Gasteiger partial charge in [-0.3, -0.25) is 19.2 Å². The Morgan fingerprint density at radius 1 is 0.620 bits per heavy atom. The molecule has 79 heavy (non-hydrogen) atoms. The Hall–Kier alpha value is -8.08. The summed E-state index contributed by atoms with van der Waals surface area (Å²) in [6.45, 7) is 6.68. The first-order valence-electron chi connectivity index (χ1n) is 24.9. The zero-order valence-electron chi connectivity index (χ0n) is 43.0. The molecular formula is C56H66F4N8O11. The van der Waals surface area contributed by atoms with E-state index in [1.54, 1.807) is 47.4 Å². The van der Waals surface area contributed by atoms with E-state index in [0.29, 0.717) is 58.6 Å². The van der Waals surface area contributed by atoms with Crippen molar-refractivity contribution in [3.05, 3.63) is 129 Å². The second-order valence-electron chi connectivity index (χ2n) is 20.8. The summed E-state index contributed by atoms with van der Waals surface area (Å²) in [6, 6.07) is 16.4. The number of hydrogen-bond donors (Lipinski definition) is 6. The van der Waals surface area contributed by atoms with E-state index in [1.165, 1.54) is 32.3 Å². The molecule has 4 aromatic carbocycles. The van der Waals surface area contributed by atoms with E-state index in [-0.39, 0.29) is 45.3 Å². The first kappa shape index (κ1) is 60.2. The number of likely N-dealkylation sites (tertiary alicyclic amines) is 1. The van der Waals surface area contributed by atoms with Gasteiger partial charge in [-0.1, -0.05) is 39.1 Å². The quantitative estimate of drug-likeness (QED) is 0.0905. The predicted octanol–water partition coefficient (Wildman–Crippen LogP) is 9.06. The Labute approximate surface area is 454 Å². The molecule has 4 aromatic rings. The fraction of sp³-hybridized carbons (Fsp3) is 0.429. The van der Waals surface area contributed by atoms with Gasteiger partial charge in [-0.15, -0.1) is 0 Å². The Kier molecular flexibility index (Phi) is 17.6. The molecule has 4 heterocycles. The van der Waals surface area contributed by atoms with Gasteiger partial charge in [-0.05, 0) is 137 Å². The number of imide groups is 2. The molecule has 10 rings (SSSR count). The van der Waals surface area contributed by atoms with Crippen LogP contribution in [0.2, 0.25) is 0 Å². The molecule has 0 aromatic heterocycles. The molecule has 0 saturated carbocycles. The van der Waals surface area contributed by atoms with Crippen LogP contribution in [0.4, 0.5) is 48.1 Å². The highest BCUT2D eigenvalue weighted by atomic mass is 19.2. The highest BCUT2D eigenvalue weighted by Crippen LogP contribution is 2.48. The first-order chi connectivity index (χ1) is 36.3. The zero-order chi connectivity index (χ0) is 55.9. The molecule has 4 aliphatic heterocycles. The van der Waals surface area contributed by atoms with Gasteiger partial charge in [0.05, 0.1) is 6.04 Å². The number of carboxylic acids is 1. The van der Waals surface area contributed by atoms with Crippen molar-refractivity contribution in [2.45, 2.75) is 128 Å². The summed E-state index contributed by atoms with van der Waals surface area (Å²) in [5, 5.41) is 22.4. The second-order valence-corrected chi connectivity index (χ2v) is 20.8. The van der Waals surface area contributed by atoms with Gasteiger partial charge in [0, 0.05) is 66.6 Å². The van der Waals surface area contributed by atoms with Crippen molar-refractivity contribution in [2.24, 2.45) is 0 Å². The van der Waals surface area contributed by atoms with Crippen molar-refractivity contribution >= 4 is 59.3 Å². The number of aryl methyl sites for hydroxylation is 2. The van der Waals surface area contributed by atoms with Crippen LogP contribution in [0.3, 0.4) is 0 Å². The third-order valence-electron chi connectivity index (χ3n) is 14.8. The summed E-state index contributed by atoms with van der Waals surface area (Å²) < 4.78 is 64.2.